The van der Waals surface area contributed by atoms with Crippen LogP contribution in [0.5, 0.6) is 0 Å². The van der Waals surface area contributed by atoms with Gasteiger partial charge in [0.15, 0.2) is 6.29 Å². The Morgan fingerprint density at radius 1 is 1.58 bits per heavy atom. The summed E-state index contributed by atoms with van der Waals surface area (Å²) in [7, 11) is 0. The molecule has 3 heteroatoms. The van der Waals surface area contributed by atoms with Gasteiger partial charge < -0.3 is 14.6 Å². The van der Waals surface area contributed by atoms with Gasteiger partial charge in [0, 0.05) is 7.77 Å². The van der Waals surface area contributed by atoms with Crippen LogP contribution in [0.25, 0.3) is 0 Å². The molecular formula is C9H16O3. The Balaban J connectivity index is 2.27. The van der Waals surface area contributed by atoms with Gasteiger partial charge in [-0.15, -0.1) is 0 Å². The number of fused-ring (bicyclic) bond motifs is 2. The third-order valence-corrected chi connectivity index (χ3v) is 2.43. The molecule has 0 amide bonds. The van der Waals surface area contributed by atoms with Crippen molar-refractivity contribution in [2.75, 3.05) is 6.56 Å². The van der Waals surface area contributed by atoms with Crippen LogP contribution in [0.2, 0.25) is 0 Å². The summed E-state index contributed by atoms with van der Waals surface area (Å²) in [6, 6.07) is 0. The summed E-state index contributed by atoms with van der Waals surface area (Å²) in [6.45, 7) is 1.85. The van der Waals surface area contributed by atoms with Crippen LogP contribution in [0.1, 0.15) is 24.4 Å². The summed E-state index contributed by atoms with van der Waals surface area (Å²) >= 11 is 0. The van der Waals surface area contributed by atoms with Gasteiger partial charge in [-0.05, 0) is 11.8 Å². The number of aliphatic hydroxyl groups excluding tert-OH is 1. The maximum atomic E-state index is 9.97. The third kappa shape index (κ3) is 1.26. The molecule has 2 rings (SSSR count). The smallest absolute Gasteiger partial charge is 0.158 e. The molecule has 0 aromatic heterocycles. The van der Waals surface area contributed by atoms with Gasteiger partial charge in [0.05, 0.1) is 15.4 Å². The minimum absolute atomic E-state index is 0.105. The Hall–Kier alpha value is -0.120. The van der Waals surface area contributed by atoms with Crippen LogP contribution in [0.15, 0.2) is 0 Å². The normalized spacial score (nSPS) is 61.0. The third-order valence-electron chi connectivity index (χ3n) is 2.43. The number of hydrogen-bond donors (Lipinski definition) is 1. The van der Waals surface area contributed by atoms with Gasteiger partial charge in [-0.25, -0.2) is 0 Å². The van der Waals surface area contributed by atoms with E-state index in [9.17, 15) is 5.11 Å². The SMILES string of the molecule is [2H][C@@H]1[C@@H]2O[C@H]([C@@H](O)[C@@H]1C(C)C)C([2H])([2H])O2. The number of rotatable bonds is 1. The Bertz CT molecular complexity index is 259. The molecule has 2 saturated heterocycles. The van der Waals surface area contributed by atoms with Crippen molar-refractivity contribution in [3.05, 3.63) is 0 Å². The van der Waals surface area contributed by atoms with Crippen molar-refractivity contribution in [2.45, 2.75) is 38.7 Å². The fraction of sp³-hybridized carbons (Fsp3) is 1.00. The molecule has 0 aromatic carbocycles. The average molecular weight is 175 g/mol. The van der Waals surface area contributed by atoms with Crippen LogP contribution >= 0.6 is 0 Å². The molecule has 5 atom stereocenters. The van der Waals surface area contributed by atoms with Gasteiger partial charge >= 0.3 is 0 Å². The van der Waals surface area contributed by atoms with Gasteiger partial charge in [-0.1, -0.05) is 13.8 Å². The van der Waals surface area contributed by atoms with Gasteiger partial charge in [0.25, 0.3) is 0 Å². The Morgan fingerprint density at radius 3 is 3.00 bits per heavy atom. The Kier molecular flexibility index (Phi) is 1.38. The van der Waals surface area contributed by atoms with E-state index >= 15 is 0 Å². The van der Waals surface area contributed by atoms with Crippen LogP contribution in [0.3, 0.4) is 0 Å². The molecule has 2 aliphatic heterocycles. The molecule has 2 heterocycles. The molecule has 2 fully saturated rings. The molecule has 0 radical (unpaired) electrons. The first-order valence-electron chi connectivity index (χ1n) is 5.86. The average Bonchev–Trinajstić information content (AvgIpc) is 2.36. The quantitative estimate of drug-likeness (QED) is 0.639. The zero-order valence-electron chi connectivity index (χ0n) is 10.2. The second-order valence-electron chi connectivity index (χ2n) is 3.67. The first kappa shape index (κ1) is 5.58. The summed E-state index contributed by atoms with van der Waals surface area (Å²) in [5.74, 6) is -0.194. The lowest BCUT2D eigenvalue weighted by Gasteiger charge is -2.34. The number of hydrogen-bond acceptors (Lipinski definition) is 3. The molecule has 3 nitrogen and oxygen atoms in total. The van der Waals surface area contributed by atoms with Crippen LogP contribution in [0.4, 0.5) is 0 Å². The summed E-state index contributed by atoms with van der Waals surface area (Å²) in [6.07, 6.45) is -3.51. The van der Waals surface area contributed by atoms with Crippen LogP contribution in [0, 0.1) is 11.8 Å². The van der Waals surface area contributed by atoms with E-state index in [2.05, 4.69) is 0 Å². The molecule has 2 aliphatic rings. The highest BCUT2D eigenvalue weighted by Crippen LogP contribution is 2.35. The fourth-order valence-corrected chi connectivity index (χ4v) is 1.68. The highest BCUT2D eigenvalue weighted by Gasteiger charge is 2.43. The van der Waals surface area contributed by atoms with E-state index in [0.717, 1.165) is 0 Å². The van der Waals surface area contributed by atoms with E-state index in [4.69, 9.17) is 13.6 Å². The standard InChI is InChI=1S/C9H16O3/c1-5(2)6-3-8-11-4-7(12-8)9(6)10/h5-10H,3-4H2,1-2H3/t6-,7-,8-,9-/m0/s1/i3D,4D2/t3-,6-,7-,8-,9-. The van der Waals surface area contributed by atoms with E-state index in [1.165, 1.54) is 0 Å². The predicted molar refractivity (Wildman–Crippen MR) is 43.6 cm³/mol. The summed E-state index contributed by atoms with van der Waals surface area (Å²) < 4.78 is 33.1. The second kappa shape index (κ2) is 2.98. The van der Waals surface area contributed by atoms with Gasteiger partial charge in [0.2, 0.25) is 0 Å². The van der Waals surface area contributed by atoms with E-state index in [1.54, 1.807) is 0 Å². The van der Waals surface area contributed by atoms with Crippen LogP contribution in [-0.4, -0.2) is 30.2 Å². The molecule has 0 saturated carbocycles. The molecule has 70 valence electrons. The fourth-order valence-electron chi connectivity index (χ4n) is 1.68. The zero-order valence-corrected chi connectivity index (χ0v) is 7.23. The zero-order chi connectivity index (χ0) is 11.4. The number of aliphatic hydroxyl groups is 1. The van der Waals surface area contributed by atoms with Gasteiger partial charge in [-0.3, -0.25) is 0 Å². The van der Waals surface area contributed by atoms with Crippen molar-refractivity contribution in [3.8, 4) is 0 Å². The lowest BCUT2D eigenvalue weighted by molar-refractivity contribution is -0.151. The van der Waals surface area contributed by atoms with Crippen molar-refractivity contribution < 1.29 is 18.7 Å². The van der Waals surface area contributed by atoms with Crippen LogP contribution in [-0.2, 0) is 9.47 Å². The monoisotopic (exact) mass is 175 g/mol. The second-order valence-corrected chi connectivity index (χ2v) is 3.67. The van der Waals surface area contributed by atoms with Crippen molar-refractivity contribution in [2.24, 2.45) is 11.8 Å². The Morgan fingerprint density at radius 2 is 2.33 bits per heavy atom. The molecule has 0 unspecified atom stereocenters. The predicted octanol–water partition coefficient (Wildman–Crippen LogP) is 0.765. The largest absolute Gasteiger partial charge is 0.390 e. The minimum Gasteiger partial charge on any atom is -0.390 e. The molecule has 12 heavy (non-hydrogen) atoms. The van der Waals surface area contributed by atoms with Crippen LogP contribution < -0.4 is 0 Å². The lowest BCUT2D eigenvalue weighted by Crippen LogP contribution is -2.42. The highest BCUT2D eigenvalue weighted by molar-refractivity contribution is 4.87. The molecule has 0 spiro atoms. The van der Waals surface area contributed by atoms with Crippen molar-refractivity contribution in [1.82, 2.24) is 0 Å². The molecular weight excluding hydrogens is 156 g/mol. The van der Waals surface area contributed by atoms with Crippen molar-refractivity contribution >= 4 is 0 Å². The molecule has 0 aliphatic carbocycles. The van der Waals surface area contributed by atoms with Crippen molar-refractivity contribution in [3.63, 3.8) is 0 Å². The molecule has 2 bridgehead atoms. The lowest BCUT2D eigenvalue weighted by atomic mass is 9.84. The Labute approximate surface area is 76.9 Å². The maximum absolute atomic E-state index is 9.97. The summed E-state index contributed by atoms with van der Waals surface area (Å²) in [5, 5.41) is 9.97. The highest BCUT2D eigenvalue weighted by atomic mass is 16.7. The van der Waals surface area contributed by atoms with E-state index in [1.807, 2.05) is 13.8 Å². The van der Waals surface area contributed by atoms with Gasteiger partial charge in [-0.2, -0.15) is 0 Å². The summed E-state index contributed by atoms with van der Waals surface area (Å²) in [4.78, 5) is 0. The van der Waals surface area contributed by atoms with E-state index in [0.29, 0.717) is 0 Å². The van der Waals surface area contributed by atoms with E-state index in [-0.39, 0.29) is 11.8 Å². The summed E-state index contributed by atoms with van der Waals surface area (Å²) in [5.41, 5.74) is 0. The molecule has 0 aromatic rings. The van der Waals surface area contributed by atoms with E-state index < -0.39 is 31.5 Å². The first-order valence-corrected chi connectivity index (χ1v) is 4.28. The topological polar surface area (TPSA) is 38.7 Å². The molecule has 1 N–H and O–H groups in total. The van der Waals surface area contributed by atoms with Gasteiger partial charge in [0.1, 0.15) is 6.10 Å². The first-order chi connectivity index (χ1) is 6.84. The maximum Gasteiger partial charge on any atom is 0.158 e. The minimum atomic E-state index is -1.98. The number of ether oxygens (including phenoxy) is 2. The van der Waals surface area contributed by atoms with Crippen molar-refractivity contribution in [1.29, 1.82) is 0 Å².